The molecule has 0 unspecified atom stereocenters. The minimum atomic E-state index is 0.996. The van der Waals surface area contributed by atoms with Crippen LogP contribution in [0.4, 0.5) is 0 Å². The normalized spacial score (nSPS) is 12.8. The van der Waals surface area contributed by atoms with Crippen molar-refractivity contribution in [3.63, 3.8) is 0 Å². The highest BCUT2D eigenvalue weighted by Crippen LogP contribution is 2.33. The molecule has 0 saturated heterocycles. The molecule has 1 aromatic heterocycles. The zero-order valence-electron chi connectivity index (χ0n) is 9.64. The number of para-hydroxylation sites is 1. The molecule has 82 valence electrons. The Morgan fingerprint density at radius 2 is 1.94 bits per heavy atom. The molecule has 17 heavy (non-hydrogen) atoms. The van der Waals surface area contributed by atoms with Crippen LogP contribution in [0.1, 0.15) is 16.8 Å². The van der Waals surface area contributed by atoms with Gasteiger partial charge in [0.1, 0.15) is 0 Å². The zero-order chi connectivity index (χ0) is 11.4. The van der Waals surface area contributed by atoms with Crippen molar-refractivity contribution in [1.82, 2.24) is 9.78 Å². The molecule has 2 heteroatoms. The summed E-state index contributed by atoms with van der Waals surface area (Å²) in [4.78, 5) is 0. The summed E-state index contributed by atoms with van der Waals surface area (Å²) in [7, 11) is 0. The Kier molecular flexibility index (Phi) is 1.57. The number of aryl methyl sites for hydroxylation is 1. The fourth-order valence-electron chi connectivity index (χ4n) is 2.72. The molecule has 0 aliphatic carbocycles. The van der Waals surface area contributed by atoms with E-state index >= 15 is 0 Å². The molecule has 2 nitrogen and oxygen atoms in total. The lowest BCUT2D eigenvalue weighted by atomic mass is 10.1. The summed E-state index contributed by atoms with van der Waals surface area (Å²) in [5, 5.41) is 6.04. The van der Waals surface area contributed by atoms with Crippen molar-refractivity contribution in [1.29, 1.82) is 0 Å². The van der Waals surface area contributed by atoms with E-state index in [0.29, 0.717) is 0 Å². The highest BCUT2D eigenvalue weighted by atomic mass is 15.3. The molecular formula is C15H12N2. The first-order valence-corrected chi connectivity index (χ1v) is 5.90. The quantitative estimate of drug-likeness (QED) is 0.445. The van der Waals surface area contributed by atoms with Gasteiger partial charge in [0.15, 0.2) is 0 Å². The largest absolute Gasteiger partial charge is 0.236 e. The van der Waals surface area contributed by atoms with Crippen LogP contribution in [0.3, 0.4) is 0 Å². The number of hydrogen-bond donors (Lipinski definition) is 0. The van der Waals surface area contributed by atoms with Gasteiger partial charge in [-0.3, -0.25) is 0 Å². The fourth-order valence-corrected chi connectivity index (χ4v) is 2.72. The maximum absolute atomic E-state index is 4.75. The lowest BCUT2D eigenvalue weighted by molar-refractivity contribution is 0.884. The summed E-state index contributed by atoms with van der Waals surface area (Å²) in [5.41, 5.74) is 6.32. The van der Waals surface area contributed by atoms with Gasteiger partial charge in [-0.05, 0) is 24.1 Å². The smallest absolute Gasteiger partial charge is 0.0959 e. The second kappa shape index (κ2) is 2.98. The molecule has 4 rings (SSSR count). The average Bonchev–Trinajstić information content (AvgIpc) is 2.87. The van der Waals surface area contributed by atoms with E-state index in [1.54, 1.807) is 0 Å². The Morgan fingerprint density at radius 3 is 2.88 bits per heavy atom. The fraction of sp³-hybridized carbons (Fsp3) is 0.133. The number of fused-ring (bicyclic) bond motifs is 5. The van der Waals surface area contributed by atoms with Gasteiger partial charge in [0.25, 0.3) is 0 Å². The van der Waals surface area contributed by atoms with Crippen molar-refractivity contribution in [2.75, 3.05) is 0 Å². The van der Waals surface area contributed by atoms with Crippen LogP contribution in [0.5, 0.6) is 0 Å². The second-order valence-corrected chi connectivity index (χ2v) is 4.64. The Labute approximate surface area is 99.5 Å². The molecule has 0 N–H and O–H groups in total. The lowest BCUT2D eigenvalue weighted by Gasteiger charge is -1.99. The lowest BCUT2D eigenvalue weighted by Crippen LogP contribution is -1.93. The molecule has 0 atom stereocenters. The monoisotopic (exact) mass is 220 g/mol. The summed E-state index contributed by atoms with van der Waals surface area (Å²) in [6, 6.07) is 14.9. The molecule has 2 aromatic carbocycles. The number of benzene rings is 2. The molecule has 3 aromatic rings. The molecule has 0 amide bonds. The average molecular weight is 220 g/mol. The van der Waals surface area contributed by atoms with Crippen LogP contribution in [0.2, 0.25) is 0 Å². The van der Waals surface area contributed by atoms with Gasteiger partial charge in [-0.1, -0.05) is 36.4 Å². The van der Waals surface area contributed by atoms with Gasteiger partial charge in [-0.2, -0.15) is 5.10 Å². The minimum absolute atomic E-state index is 0.996. The van der Waals surface area contributed by atoms with Crippen molar-refractivity contribution in [2.24, 2.45) is 0 Å². The van der Waals surface area contributed by atoms with Gasteiger partial charge in [-0.25, -0.2) is 4.68 Å². The third-order valence-corrected chi connectivity index (χ3v) is 3.58. The maximum Gasteiger partial charge on any atom is 0.0959 e. The van der Waals surface area contributed by atoms with E-state index in [-0.39, 0.29) is 0 Å². The van der Waals surface area contributed by atoms with Gasteiger partial charge >= 0.3 is 0 Å². The molecule has 0 bridgehead atoms. The van der Waals surface area contributed by atoms with Crippen LogP contribution in [-0.4, -0.2) is 9.78 Å². The topological polar surface area (TPSA) is 17.8 Å². The van der Waals surface area contributed by atoms with Crippen molar-refractivity contribution < 1.29 is 0 Å². The van der Waals surface area contributed by atoms with Crippen LogP contribution in [-0.2, 0) is 6.42 Å². The van der Waals surface area contributed by atoms with E-state index in [9.17, 15) is 0 Å². The number of aromatic nitrogens is 2. The third-order valence-electron chi connectivity index (χ3n) is 3.58. The first kappa shape index (κ1) is 8.99. The summed E-state index contributed by atoms with van der Waals surface area (Å²) in [6.45, 7) is 2.12. The van der Waals surface area contributed by atoms with E-state index in [1.165, 1.54) is 27.9 Å². The molecule has 0 saturated carbocycles. The summed E-state index contributed by atoms with van der Waals surface area (Å²) < 4.78 is 2.10. The van der Waals surface area contributed by atoms with Crippen LogP contribution < -0.4 is 0 Å². The SMILES string of the molecule is Cc1cccc2c3n(nc12)-c1ccccc1C3. The molecule has 1 aliphatic heterocycles. The van der Waals surface area contributed by atoms with Gasteiger partial charge in [0, 0.05) is 11.8 Å². The van der Waals surface area contributed by atoms with Crippen LogP contribution >= 0.6 is 0 Å². The summed E-state index contributed by atoms with van der Waals surface area (Å²) in [5.74, 6) is 0. The van der Waals surface area contributed by atoms with Crippen LogP contribution in [0.15, 0.2) is 42.5 Å². The van der Waals surface area contributed by atoms with Gasteiger partial charge in [0.05, 0.1) is 16.9 Å². The standard InChI is InChI=1S/C15H12N2/c1-10-5-4-7-12-14-9-11-6-2-3-8-13(11)17(14)16-15(10)12/h2-8H,9H2,1H3. The molecule has 2 heterocycles. The Morgan fingerprint density at radius 1 is 1.06 bits per heavy atom. The molecule has 0 spiro atoms. The first-order valence-electron chi connectivity index (χ1n) is 5.90. The maximum atomic E-state index is 4.75. The van der Waals surface area contributed by atoms with Crippen LogP contribution in [0.25, 0.3) is 16.6 Å². The molecule has 0 radical (unpaired) electrons. The van der Waals surface area contributed by atoms with Crippen LogP contribution in [0, 0.1) is 6.92 Å². The van der Waals surface area contributed by atoms with E-state index < -0.39 is 0 Å². The molecule has 1 aliphatic rings. The highest BCUT2D eigenvalue weighted by molar-refractivity contribution is 5.86. The van der Waals surface area contributed by atoms with E-state index in [0.717, 1.165) is 11.9 Å². The van der Waals surface area contributed by atoms with Crippen molar-refractivity contribution in [2.45, 2.75) is 13.3 Å². The van der Waals surface area contributed by atoms with Gasteiger partial charge in [-0.15, -0.1) is 0 Å². The van der Waals surface area contributed by atoms with Gasteiger partial charge < -0.3 is 0 Å². The molecule has 0 fully saturated rings. The third kappa shape index (κ3) is 1.07. The van der Waals surface area contributed by atoms with Crippen molar-refractivity contribution in [3.8, 4) is 5.69 Å². The number of nitrogens with zero attached hydrogens (tertiary/aromatic N) is 2. The minimum Gasteiger partial charge on any atom is -0.236 e. The zero-order valence-corrected chi connectivity index (χ0v) is 9.64. The Bertz CT molecular complexity index is 738. The number of hydrogen-bond acceptors (Lipinski definition) is 1. The predicted octanol–water partition coefficient (Wildman–Crippen LogP) is 3.24. The predicted molar refractivity (Wildman–Crippen MR) is 68.6 cm³/mol. The molecular weight excluding hydrogens is 208 g/mol. The van der Waals surface area contributed by atoms with E-state index in [4.69, 9.17) is 5.10 Å². The van der Waals surface area contributed by atoms with Crippen molar-refractivity contribution in [3.05, 3.63) is 59.3 Å². The van der Waals surface area contributed by atoms with E-state index in [2.05, 4.69) is 54.1 Å². The van der Waals surface area contributed by atoms with Gasteiger partial charge in [0.2, 0.25) is 0 Å². The first-order chi connectivity index (χ1) is 8.34. The second-order valence-electron chi connectivity index (χ2n) is 4.64. The van der Waals surface area contributed by atoms with E-state index in [1.807, 2.05) is 0 Å². The number of rotatable bonds is 0. The summed E-state index contributed by atoms with van der Waals surface area (Å²) >= 11 is 0. The highest BCUT2D eigenvalue weighted by Gasteiger charge is 2.22. The Balaban J connectivity index is 2.12. The summed E-state index contributed by atoms with van der Waals surface area (Å²) in [6.07, 6.45) is 0.996. The Hall–Kier alpha value is -2.09. The van der Waals surface area contributed by atoms with Crippen molar-refractivity contribution >= 4 is 10.9 Å².